The smallest absolute Gasteiger partial charge is 0.267 e. The first kappa shape index (κ1) is 10.7. The Morgan fingerprint density at radius 2 is 1.93 bits per heavy atom. The molecule has 1 rings (SSSR count). The lowest BCUT2D eigenvalue weighted by molar-refractivity contribution is 1.01. The van der Waals surface area contributed by atoms with E-state index in [2.05, 4.69) is 17.6 Å². The van der Waals surface area contributed by atoms with Crippen LogP contribution in [-0.2, 0) is 0 Å². The van der Waals surface area contributed by atoms with Gasteiger partial charge in [-0.25, -0.2) is 0 Å². The number of nitriles is 2. The summed E-state index contributed by atoms with van der Waals surface area (Å²) in [6.45, 7) is 0. The third-order valence-corrected chi connectivity index (χ3v) is 2.73. The highest BCUT2D eigenvalue weighted by atomic mass is 32.2. The molecule has 1 aromatic heterocycles. The minimum absolute atomic E-state index is 0.0353. The Hall–Kier alpha value is -1.37. The molecule has 6 heteroatoms. The Kier molecular flexibility index (Phi) is 3.23. The molecule has 1 aromatic rings. The third kappa shape index (κ3) is 1.63. The number of hydrogen-bond acceptors (Lipinski definition) is 5. The summed E-state index contributed by atoms with van der Waals surface area (Å²) in [5.74, 6) is 0. The highest BCUT2D eigenvalue weighted by Gasteiger charge is 2.14. The third-order valence-electron chi connectivity index (χ3n) is 1.58. The highest BCUT2D eigenvalue weighted by molar-refractivity contribution is 7.98. The van der Waals surface area contributed by atoms with Gasteiger partial charge in [-0.05, 0) is 6.26 Å². The minimum Gasteiger partial charge on any atom is -0.315 e. The summed E-state index contributed by atoms with van der Waals surface area (Å²) in [4.78, 5) is 14.0. The molecule has 1 heterocycles. The molecule has 0 saturated carbocycles. The molecule has 0 spiro atoms. The van der Waals surface area contributed by atoms with Gasteiger partial charge in [-0.15, -0.1) is 24.4 Å². The molecule has 14 heavy (non-hydrogen) atoms. The zero-order valence-corrected chi connectivity index (χ0v) is 8.87. The van der Waals surface area contributed by atoms with Crippen molar-refractivity contribution in [2.75, 3.05) is 6.26 Å². The molecule has 0 atom stereocenters. The second kappa shape index (κ2) is 4.23. The predicted octanol–water partition coefficient (Wildman–Crippen LogP) is 1.13. The Labute approximate surface area is 90.0 Å². The number of rotatable bonds is 1. The second-order valence-electron chi connectivity index (χ2n) is 2.31. The van der Waals surface area contributed by atoms with Crippen molar-refractivity contribution in [3.63, 3.8) is 0 Å². The van der Waals surface area contributed by atoms with E-state index in [1.807, 2.05) is 6.07 Å². The van der Waals surface area contributed by atoms with Crippen LogP contribution >= 0.6 is 24.4 Å². The van der Waals surface area contributed by atoms with Crippen LogP contribution in [0.25, 0.3) is 0 Å². The first-order valence-corrected chi connectivity index (χ1v) is 5.16. The Bertz CT molecular complexity index is 507. The van der Waals surface area contributed by atoms with Crippen molar-refractivity contribution >= 4 is 24.4 Å². The van der Waals surface area contributed by atoms with E-state index in [0.29, 0.717) is 4.90 Å². The van der Waals surface area contributed by atoms with Gasteiger partial charge in [-0.3, -0.25) is 4.79 Å². The first-order chi connectivity index (χ1) is 6.65. The van der Waals surface area contributed by atoms with Gasteiger partial charge < -0.3 is 4.98 Å². The van der Waals surface area contributed by atoms with Crippen molar-refractivity contribution in [2.45, 2.75) is 9.92 Å². The molecule has 0 aliphatic rings. The van der Waals surface area contributed by atoms with Crippen LogP contribution in [0.4, 0.5) is 0 Å². The topological polar surface area (TPSA) is 80.4 Å². The minimum atomic E-state index is -0.513. The fourth-order valence-corrected chi connectivity index (χ4v) is 2.01. The van der Waals surface area contributed by atoms with E-state index in [1.165, 1.54) is 11.8 Å². The molecule has 70 valence electrons. The maximum atomic E-state index is 11.3. The molecule has 0 fully saturated rings. The average molecular weight is 223 g/mol. The zero-order chi connectivity index (χ0) is 10.7. The van der Waals surface area contributed by atoms with Crippen LogP contribution in [-0.4, -0.2) is 11.2 Å². The van der Waals surface area contributed by atoms with Crippen LogP contribution in [0, 0.1) is 22.7 Å². The van der Waals surface area contributed by atoms with Gasteiger partial charge in [0.1, 0.15) is 17.7 Å². The van der Waals surface area contributed by atoms with Gasteiger partial charge >= 0.3 is 0 Å². The normalized spacial score (nSPS) is 9.14. The molecule has 0 unspecified atom stereocenters. The summed E-state index contributed by atoms with van der Waals surface area (Å²) in [5.41, 5.74) is -0.315. The quantitative estimate of drug-likeness (QED) is 0.552. The number of aromatic amines is 1. The lowest BCUT2D eigenvalue weighted by atomic mass is 10.2. The summed E-state index contributed by atoms with van der Waals surface area (Å²) < 4.78 is 0. The first-order valence-electron chi connectivity index (χ1n) is 3.49. The largest absolute Gasteiger partial charge is 0.315 e. The fraction of sp³-hybridized carbons (Fsp3) is 0.125. The number of H-pyrrole nitrogens is 1. The summed E-state index contributed by atoms with van der Waals surface area (Å²) in [6.07, 6.45) is 1.70. The summed E-state index contributed by atoms with van der Waals surface area (Å²) in [7, 11) is 0. The van der Waals surface area contributed by atoms with E-state index in [-0.39, 0.29) is 16.2 Å². The summed E-state index contributed by atoms with van der Waals surface area (Å²) in [5, 5.41) is 17.7. The number of thiol groups is 1. The van der Waals surface area contributed by atoms with Gasteiger partial charge in [0.15, 0.2) is 0 Å². The maximum Gasteiger partial charge on any atom is 0.267 e. The van der Waals surface area contributed by atoms with E-state index in [0.717, 1.165) is 0 Å². The van der Waals surface area contributed by atoms with Crippen LogP contribution in [0.3, 0.4) is 0 Å². The number of aromatic nitrogens is 1. The van der Waals surface area contributed by atoms with Crippen LogP contribution in [0.2, 0.25) is 0 Å². The van der Waals surface area contributed by atoms with E-state index in [9.17, 15) is 4.79 Å². The Morgan fingerprint density at radius 1 is 1.36 bits per heavy atom. The predicted molar refractivity (Wildman–Crippen MR) is 55.5 cm³/mol. The molecular formula is C8H5N3OS2. The molecule has 0 amide bonds. The SMILES string of the molecule is CSc1c(C#N)c(S)[nH]c(=O)c1C#N. The van der Waals surface area contributed by atoms with Gasteiger partial charge in [0.2, 0.25) is 0 Å². The van der Waals surface area contributed by atoms with Gasteiger partial charge in [-0.1, -0.05) is 0 Å². The van der Waals surface area contributed by atoms with Crippen molar-refractivity contribution in [3.8, 4) is 12.1 Å². The van der Waals surface area contributed by atoms with Crippen molar-refractivity contribution in [1.82, 2.24) is 4.98 Å². The highest BCUT2D eigenvalue weighted by Crippen LogP contribution is 2.24. The van der Waals surface area contributed by atoms with Gasteiger partial charge in [0.05, 0.1) is 15.5 Å². The average Bonchev–Trinajstić information content (AvgIpc) is 2.16. The Morgan fingerprint density at radius 3 is 2.36 bits per heavy atom. The van der Waals surface area contributed by atoms with Crippen LogP contribution in [0.15, 0.2) is 14.7 Å². The fourth-order valence-electron chi connectivity index (χ4n) is 0.978. The maximum absolute atomic E-state index is 11.3. The lowest BCUT2D eigenvalue weighted by Gasteiger charge is -2.03. The molecule has 1 N–H and O–H groups in total. The number of hydrogen-bond donors (Lipinski definition) is 2. The molecule has 0 saturated heterocycles. The molecule has 0 bridgehead atoms. The lowest BCUT2D eigenvalue weighted by Crippen LogP contribution is -2.13. The van der Waals surface area contributed by atoms with E-state index >= 15 is 0 Å². The van der Waals surface area contributed by atoms with Crippen LogP contribution < -0.4 is 5.56 Å². The van der Waals surface area contributed by atoms with Crippen molar-refractivity contribution in [3.05, 3.63) is 21.5 Å². The van der Waals surface area contributed by atoms with Crippen LogP contribution in [0.5, 0.6) is 0 Å². The van der Waals surface area contributed by atoms with Gasteiger partial charge in [0, 0.05) is 0 Å². The number of nitrogens with zero attached hydrogens (tertiary/aromatic N) is 2. The van der Waals surface area contributed by atoms with Crippen molar-refractivity contribution < 1.29 is 0 Å². The number of thioether (sulfide) groups is 1. The van der Waals surface area contributed by atoms with Crippen molar-refractivity contribution in [1.29, 1.82) is 10.5 Å². The van der Waals surface area contributed by atoms with Gasteiger partial charge in [-0.2, -0.15) is 10.5 Å². The Balaban J connectivity index is 3.73. The van der Waals surface area contributed by atoms with Gasteiger partial charge in [0.25, 0.3) is 5.56 Å². The molecular weight excluding hydrogens is 218 g/mol. The molecule has 0 aromatic carbocycles. The molecule has 0 aliphatic heterocycles. The van der Waals surface area contributed by atoms with E-state index in [4.69, 9.17) is 10.5 Å². The van der Waals surface area contributed by atoms with E-state index < -0.39 is 5.56 Å². The van der Waals surface area contributed by atoms with Crippen LogP contribution in [0.1, 0.15) is 11.1 Å². The number of nitrogens with one attached hydrogen (secondary N) is 1. The second-order valence-corrected chi connectivity index (χ2v) is 3.57. The van der Waals surface area contributed by atoms with Crippen molar-refractivity contribution in [2.24, 2.45) is 0 Å². The van der Waals surface area contributed by atoms with E-state index in [1.54, 1.807) is 12.3 Å². The number of pyridine rings is 1. The molecule has 4 nitrogen and oxygen atoms in total. The standard InChI is InChI=1S/C8H5N3OS2/c1-14-6-4(2-9)7(12)11-8(13)5(6)3-10/h1H3,(H2,11,12,13). The molecule has 0 aliphatic carbocycles. The zero-order valence-electron chi connectivity index (χ0n) is 7.16. The monoisotopic (exact) mass is 223 g/mol. The molecule has 0 radical (unpaired) electrons. The summed E-state index contributed by atoms with van der Waals surface area (Å²) >= 11 is 5.14. The summed E-state index contributed by atoms with van der Waals surface area (Å²) in [6, 6.07) is 3.67.